The summed E-state index contributed by atoms with van der Waals surface area (Å²) < 4.78 is 18.1. The number of amides is 1. The Morgan fingerprint density at radius 3 is 2.81 bits per heavy atom. The molecule has 0 aliphatic heterocycles. The molecule has 0 saturated heterocycles. The van der Waals surface area contributed by atoms with Crippen LogP contribution in [0.15, 0.2) is 9.85 Å². The molecule has 16 heavy (non-hydrogen) atoms. The Balaban J connectivity index is 2.53. The highest BCUT2D eigenvalue weighted by molar-refractivity contribution is 9.10. The minimum Gasteiger partial charge on any atom is -0.465 e. The third-order valence-electron chi connectivity index (χ3n) is 1.59. The summed E-state index contributed by atoms with van der Waals surface area (Å²) in [7, 11) is 0. The van der Waals surface area contributed by atoms with Gasteiger partial charge in [-0.25, -0.2) is 4.39 Å². The van der Waals surface area contributed by atoms with E-state index in [-0.39, 0.29) is 22.5 Å². The van der Waals surface area contributed by atoms with E-state index in [1.54, 1.807) is 6.92 Å². The number of esters is 1. The third-order valence-corrected chi connectivity index (χ3v) is 3.43. The van der Waals surface area contributed by atoms with Crippen LogP contribution in [-0.4, -0.2) is 25.0 Å². The second kappa shape index (κ2) is 5.95. The first-order valence-electron chi connectivity index (χ1n) is 4.42. The first-order valence-corrected chi connectivity index (χ1v) is 6.09. The first-order chi connectivity index (χ1) is 7.56. The summed E-state index contributed by atoms with van der Waals surface area (Å²) in [6.45, 7) is 1.64. The van der Waals surface area contributed by atoms with Gasteiger partial charge in [0.2, 0.25) is 0 Å². The SMILES string of the molecule is CCOC(=O)CNC(=O)c1scc(Br)c1F. The van der Waals surface area contributed by atoms with Gasteiger partial charge in [-0.3, -0.25) is 9.59 Å². The summed E-state index contributed by atoms with van der Waals surface area (Å²) in [5.74, 6) is -1.79. The first kappa shape index (κ1) is 13.1. The van der Waals surface area contributed by atoms with Crippen molar-refractivity contribution in [2.24, 2.45) is 0 Å². The van der Waals surface area contributed by atoms with Gasteiger partial charge in [0.05, 0.1) is 11.1 Å². The zero-order chi connectivity index (χ0) is 12.1. The number of rotatable bonds is 4. The molecule has 4 nitrogen and oxygen atoms in total. The summed E-state index contributed by atoms with van der Waals surface area (Å²) in [5, 5.41) is 3.74. The second-order valence-corrected chi connectivity index (χ2v) is 4.45. The molecular formula is C9H9BrFNO3S. The maximum Gasteiger partial charge on any atom is 0.325 e. The van der Waals surface area contributed by atoms with Gasteiger partial charge in [-0.05, 0) is 22.9 Å². The highest BCUT2D eigenvalue weighted by atomic mass is 79.9. The Kier molecular flexibility index (Phi) is 4.88. The normalized spacial score (nSPS) is 9.94. The monoisotopic (exact) mass is 309 g/mol. The molecule has 7 heteroatoms. The van der Waals surface area contributed by atoms with Crippen molar-refractivity contribution < 1.29 is 18.7 Å². The molecule has 88 valence electrons. The maximum absolute atomic E-state index is 13.3. The van der Waals surface area contributed by atoms with E-state index in [1.807, 2.05) is 0 Å². The lowest BCUT2D eigenvalue weighted by molar-refractivity contribution is -0.141. The fraction of sp³-hybridized carbons (Fsp3) is 0.333. The highest BCUT2D eigenvalue weighted by Gasteiger charge is 2.17. The average molecular weight is 310 g/mol. The van der Waals surface area contributed by atoms with Crippen LogP contribution in [0.1, 0.15) is 16.6 Å². The largest absolute Gasteiger partial charge is 0.465 e. The van der Waals surface area contributed by atoms with E-state index < -0.39 is 17.7 Å². The van der Waals surface area contributed by atoms with Crippen molar-refractivity contribution in [2.45, 2.75) is 6.92 Å². The fourth-order valence-corrected chi connectivity index (χ4v) is 2.25. The van der Waals surface area contributed by atoms with Crippen LogP contribution in [0.25, 0.3) is 0 Å². The van der Waals surface area contributed by atoms with E-state index in [2.05, 4.69) is 26.0 Å². The molecule has 1 aromatic rings. The number of hydrogen-bond acceptors (Lipinski definition) is 4. The van der Waals surface area contributed by atoms with Gasteiger partial charge in [-0.2, -0.15) is 0 Å². The molecule has 0 atom stereocenters. The predicted molar refractivity (Wildman–Crippen MR) is 60.9 cm³/mol. The third kappa shape index (κ3) is 3.28. The van der Waals surface area contributed by atoms with E-state index >= 15 is 0 Å². The number of thiophene rings is 1. The van der Waals surface area contributed by atoms with Crippen LogP contribution in [0.4, 0.5) is 4.39 Å². The van der Waals surface area contributed by atoms with Crippen LogP contribution in [0.2, 0.25) is 0 Å². The topological polar surface area (TPSA) is 55.4 Å². The summed E-state index contributed by atoms with van der Waals surface area (Å²) in [6, 6.07) is 0. The Labute approximate surface area is 104 Å². The van der Waals surface area contributed by atoms with E-state index in [9.17, 15) is 14.0 Å². The van der Waals surface area contributed by atoms with Crippen LogP contribution >= 0.6 is 27.3 Å². The standard InChI is InChI=1S/C9H9BrFNO3S/c1-2-15-6(13)3-12-9(14)8-7(11)5(10)4-16-8/h4H,2-3H2,1H3,(H,12,14). The quantitative estimate of drug-likeness (QED) is 0.865. The van der Waals surface area contributed by atoms with Crippen LogP contribution in [0, 0.1) is 5.82 Å². The predicted octanol–water partition coefficient (Wildman–Crippen LogP) is 1.94. The van der Waals surface area contributed by atoms with Crippen LogP contribution in [0.3, 0.4) is 0 Å². The highest BCUT2D eigenvalue weighted by Crippen LogP contribution is 2.25. The lowest BCUT2D eigenvalue weighted by Gasteiger charge is -2.03. The minimum absolute atomic E-state index is 0.0591. The van der Waals surface area contributed by atoms with Gasteiger partial charge in [0.25, 0.3) is 5.91 Å². The second-order valence-electron chi connectivity index (χ2n) is 2.71. The zero-order valence-electron chi connectivity index (χ0n) is 8.38. The Bertz CT molecular complexity index is 407. The smallest absolute Gasteiger partial charge is 0.325 e. The minimum atomic E-state index is -0.624. The lowest BCUT2D eigenvalue weighted by atomic mass is 10.4. The van der Waals surface area contributed by atoms with Gasteiger partial charge in [-0.1, -0.05) is 0 Å². The van der Waals surface area contributed by atoms with Gasteiger partial charge in [-0.15, -0.1) is 11.3 Å². The van der Waals surface area contributed by atoms with Crippen LogP contribution < -0.4 is 5.32 Å². The van der Waals surface area contributed by atoms with Crippen molar-refractivity contribution >= 4 is 39.1 Å². The summed E-state index contributed by atoms with van der Waals surface area (Å²) in [4.78, 5) is 22.3. The van der Waals surface area contributed by atoms with Crippen molar-refractivity contribution in [1.82, 2.24) is 5.32 Å². The molecule has 0 aliphatic carbocycles. The molecule has 0 bridgehead atoms. The van der Waals surface area contributed by atoms with Crippen molar-refractivity contribution in [1.29, 1.82) is 0 Å². The lowest BCUT2D eigenvalue weighted by Crippen LogP contribution is -2.30. The molecule has 0 spiro atoms. The number of halogens is 2. The molecule has 1 aromatic heterocycles. The number of ether oxygens (including phenoxy) is 1. The number of nitrogens with one attached hydrogen (secondary N) is 1. The van der Waals surface area contributed by atoms with Gasteiger partial charge >= 0.3 is 5.97 Å². The van der Waals surface area contributed by atoms with Gasteiger partial charge in [0.15, 0.2) is 5.82 Å². The van der Waals surface area contributed by atoms with Gasteiger partial charge in [0.1, 0.15) is 11.4 Å². The number of carbonyl (C=O) groups is 2. The molecule has 1 rings (SSSR count). The summed E-state index contributed by atoms with van der Waals surface area (Å²) >= 11 is 3.92. The molecule has 0 fully saturated rings. The van der Waals surface area contributed by atoms with E-state index in [0.29, 0.717) is 0 Å². The fourth-order valence-electron chi connectivity index (χ4n) is 0.921. The van der Waals surface area contributed by atoms with Gasteiger partial charge in [0, 0.05) is 5.38 Å². The molecule has 1 amide bonds. The molecule has 0 aliphatic rings. The van der Waals surface area contributed by atoms with Crippen molar-refractivity contribution in [2.75, 3.05) is 13.2 Å². The van der Waals surface area contributed by atoms with Crippen molar-refractivity contribution in [3.05, 3.63) is 20.5 Å². The molecule has 0 unspecified atom stereocenters. The molecule has 1 heterocycles. The molecule has 1 N–H and O–H groups in total. The molecule has 0 radical (unpaired) electrons. The van der Waals surface area contributed by atoms with E-state index in [4.69, 9.17) is 0 Å². The van der Waals surface area contributed by atoms with Crippen molar-refractivity contribution in [3.63, 3.8) is 0 Å². The van der Waals surface area contributed by atoms with Crippen LogP contribution in [-0.2, 0) is 9.53 Å². The van der Waals surface area contributed by atoms with Crippen LogP contribution in [0.5, 0.6) is 0 Å². The number of hydrogen-bond donors (Lipinski definition) is 1. The Hall–Kier alpha value is -0.950. The summed E-state index contributed by atoms with van der Waals surface area (Å²) in [6.07, 6.45) is 0. The average Bonchev–Trinajstić information content (AvgIpc) is 2.57. The Morgan fingerprint density at radius 2 is 2.31 bits per heavy atom. The van der Waals surface area contributed by atoms with E-state index in [0.717, 1.165) is 11.3 Å². The van der Waals surface area contributed by atoms with Gasteiger partial charge < -0.3 is 10.1 Å². The molecule has 0 aromatic carbocycles. The summed E-state index contributed by atoms with van der Waals surface area (Å²) in [5.41, 5.74) is 0. The maximum atomic E-state index is 13.3. The number of carbonyl (C=O) groups excluding carboxylic acids is 2. The van der Waals surface area contributed by atoms with Crippen molar-refractivity contribution in [3.8, 4) is 0 Å². The zero-order valence-corrected chi connectivity index (χ0v) is 10.8. The molecule has 0 saturated carbocycles. The molecular weight excluding hydrogens is 301 g/mol. The van der Waals surface area contributed by atoms with E-state index in [1.165, 1.54) is 5.38 Å². The Morgan fingerprint density at radius 1 is 1.62 bits per heavy atom.